The number of fused-ring (bicyclic) bond motifs is 1. The molecule has 0 radical (unpaired) electrons. The van der Waals surface area contributed by atoms with E-state index in [0.29, 0.717) is 11.0 Å². The molecule has 0 N–H and O–H groups in total. The summed E-state index contributed by atoms with van der Waals surface area (Å²) in [6.07, 6.45) is -4.80. The lowest BCUT2D eigenvalue weighted by molar-refractivity contribution is -0.138. The fourth-order valence-electron chi connectivity index (χ4n) is 2.35. The molecule has 0 aliphatic carbocycles. The van der Waals surface area contributed by atoms with Crippen LogP contribution in [-0.2, 0) is 6.18 Å². The highest BCUT2D eigenvalue weighted by Gasteiger charge is 2.41. The topological polar surface area (TPSA) is 37.4 Å². The Morgan fingerprint density at radius 2 is 1.48 bits per heavy atom. The fourth-order valence-corrected chi connectivity index (χ4v) is 3.21. The zero-order valence-electron chi connectivity index (χ0n) is 11.1. The lowest BCUT2D eigenvalue weighted by atomic mass is 10.1. The van der Waals surface area contributed by atoms with Gasteiger partial charge in [0.2, 0.25) is 0 Å². The third kappa shape index (κ3) is 2.50. The third-order valence-electron chi connectivity index (χ3n) is 3.36. The summed E-state index contributed by atoms with van der Waals surface area (Å²) in [5.41, 5.74) is -1.49. The van der Waals surface area contributed by atoms with Crippen molar-refractivity contribution < 1.29 is 27.2 Å². The van der Waals surface area contributed by atoms with Gasteiger partial charge in [0, 0.05) is 3.57 Å². The van der Waals surface area contributed by atoms with Crippen molar-refractivity contribution in [3.63, 3.8) is 0 Å². The summed E-state index contributed by atoms with van der Waals surface area (Å²) in [7, 11) is 0. The highest BCUT2D eigenvalue weighted by molar-refractivity contribution is 14.1. The number of halogens is 5. The molecule has 3 rings (SSSR count). The summed E-state index contributed by atoms with van der Waals surface area (Å²) in [5, 5.41) is 0. The molecule has 23 heavy (non-hydrogen) atoms. The van der Waals surface area contributed by atoms with E-state index in [-0.39, 0.29) is 11.1 Å². The summed E-state index contributed by atoms with van der Waals surface area (Å²) in [6.45, 7) is 0. The molecule has 2 aromatic rings. The summed E-state index contributed by atoms with van der Waals surface area (Å²) in [5.74, 6) is -2.73. The van der Waals surface area contributed by atoms with Gasteiger partial charge in [0.05, 0.1) is 22.4 Å². The van der Waals surface area contributed by atoms with Gasteiger partial charge in [-0.25, -0.2) is 9.29 Å². The summed E-state index contributed by atoms with van der Waals surface area (Å²) < 4.78 is 52.2. The average Bonchev–Trinajstić information content (AvgIpc) is 2.73. The van der Waals surface area contributed by atoms with Gasteiger partial charge >= 0.3 is 6.18 Å². The number of amides is 2. The fraction of sp³-hybridized carbons (Fsp3) is 0.0667. The molecule has 1 aliphatic rings. The normalized spacial score (nSPS) is 14.4. The van der Waals surface area contributed by atoms with E-state index in [4.69, 9.17) is 0 Å². The van der Waals surface area contributed by atoms with Gasteiger partial charge in [-0.1, -0.05) is 12.1 Å². The predicted molar refractivity (Wildman–Crippen MR) is 81.7 cm³/mol. The molecule has 0 aromatic heterocycles. The van der Waals surface area contributed by atoms with Crippen LogP contribution in [0.15, 0.2) is 36.4 Å². The van der Waals surface area contributed by atoms with Crippen LogP contribution in [0.5, 0.6) is 0 Å². The van der Waals surface area contributed by atoms with E-state index in [1.165, 1.54) is 46.9 Å². The first-order chi connectivity index (χ1) is 10.7. The van der Waals surface area contributed by atoms with Crippen LogP contribution in [0.3, 0.4) is 0 Å². The van der Waals surface area contributed by atoms with E-state index < -0.39 is 38.6 Å². The largest absolute Gasteiger partial charge is 0.417 e. The Kier molecular flexibility index (Phi) is 3.66. The molecule has 2 amide bonds. The molecule has 0 fully saturated rings. The maximum Gasteiger partial charge on any atom is 0.417 e. The number of anilines is 1. The minimum Gasteiger partial charge on any atom is -0.268 e. The highest BCUT2D eigenvalue weighted by Crippen LogP contribution is 2.40. The number of nitrogens with zero attached hydrogens (tertiary/aromatic N) is 1. The number of hydrogen-bond donors (Lipinski definition) is 0. The van der Waals surface area contributed by atoms with Gasteiger partial charge in [-0.15, -0.1) is 0 Å². The molecule has 2 aromatic carbocycles. The van der Waals surface area contributed by atoms with Gasteiger partial charge in [-0.05, 0) is 46.9 Å². The molecule has 3 nitrogen and oxygen atoms in total. The quantitative estimate of drug-likeness (QED) is 0.382. The Balaban J connectivity index is 2.20. The Labute approximate surface area is 141 Å². The predicted octanol–water partition coefficient (Wildman–Crippen LogP) is 4.25. The Morgan fingerprint density at radius 3 is 1.96 bits per heavy atom. The first-order valence-electron chi connectivity index (χ1n) is 6.26. The van der Waals surface area contributed by atoms with Crippen molar-refractivity contribution in [1.29, 1.82) is 0 Å². The summed E-state index contributed by atoms with van der Waals surface area (Å²) >= 11 is 1.36. The average molecular weight is 435 g/mol. The first-order valence-corrected chi connectivity index (χ1v) is 7.33. The Hall–Kier alpha value is -1.97. The molecule has 1 aliphatic heterocycles. The number of carbonyl (C=O) groups excluding carboxylic acids is 2. The van der Waals surface area contributed by atoms with Crippen LogP contribution < -0.4 is 4.90 Å². The van der Waals surface area contributed by atoms with Crippen molar-refractivity contribution in [3.8, 4) is 0 Å². The molecule has 0 unspecified atom stereocenters. The van der Waals surface area contributed by atoms with E-state index in [9.17, 15) is 27.2 Å². The molecule has 0 bridgehead atoms. The first kappa shape index (κ1) is 15.9. The van der Waals surface area contributed by atoms with Crippen molar-refractivity contribution in [2.24, 2.45) is 0 Å². The second-order valence-corrected chi connectivity index (χ2v) is 5.85. The van der Waals surface area contributed by atoms with E-state index in [1.807, 2.05) is 0 Å². The smallest absolute Gasteiger partial charge is 0.268 e. The van der Waals surface area contributed by atoms with Crippen LogP contribution in [0.4, 0.5) is 23.2 Å². The molecule has 0 saturated carbocycles. The number of alkyl halides is 3. The van der Waals surface area contributed by atoms with Crippen LogP contribution in [0.2, 0.25) is 0 Å². The van der Waals surface area contributed by atoms with Crippen LogP contribution in [0.1, 0.15) is 26.3 Å². The lowest BCUT2D eigenvalue weighted by Crippen LogP contribution is -2.31. The summed E-state index contributed by atoms with van der Waals surface area (Å²) in [6, 6.07) is 6.94. The van der Waals surface area contributed by atoms with Crippen LogP contribution in [0, 0.1) is 9.39 Å². The molecule has 8 heteroatoms. The maximum absolute atomic E-state index is 13.6. The van der Waals surface area contributed by atoms with E-state index in [0.717, 1.165) is 6.07 Å². The Bertz CT molecular complexity index is 813. The number of imide groups is 1. The highest BCUT2D eigenvalue weighted by atomic mass is 127. The molecule has 0 saturated heterocycles. The van der Waals surface area contributed by atoms with Crippen LogP contribution >= 0.6 is 22.6 Å². The van der Waals surface area contributed by atoms with E-state index >= 15 is 0 Å². The van der Waals surface area contributed by atoms with Crippen LogP contribution in [-0.4, -0.2) is 11.8 Å². The monoisotopic (exact) mass is 435 g/mol. The number of hydrogen-bond acceptors (Lipinski definition) is 2. The standard InChI is InChI=1S/C15H6F4INO2/c16-7-5-10(15(17,18)19)12(20)11(6-7)21-13(22)8-3-1-2-4-9(8)14(21)23/h1-6H. The van der Waals surface area contributed by atoms with Crippen molar-refractivity contribution in [2.75, 3.05) is 4.90 Å². The molecule has 1 heterocycles. The number of rotatable bonds is 1. The lowest BCUT2D eigenvalue weighted by Gasteiger charge is -2.19. The van der Waals surface area contributed by atoms with E-state index in [2.05, 4.69) is 0 Å². The minimum atomic E-state index is -4.80. The van der Waals surface area contributed by atoms with Crippen molar-refractivity contribution in [1.82, 2.24) is 0 Å². The number of benzene rings is 2. The molecular formula is C15H6F4INO2. The second-order valence-electron chi connectivity index (χ2n) is 4.78. The SMILES string of the molecule is O=C1c2ccccc2C(=O)N1c1cc(F)cc(C(F)(F)F)c1I. The Morgan fingerprint density at radius 1 is 0.957 bits per heavy atom. The molecule has 0 spiro atoms. The van der Waals surface area contributed by atoms with Crippen LogP contribution in [0.25, 0.3) is 0 Å². The van der Waals surface area contributed by atoms with Gasteiger partial charge in [0.15, 0.2) is 0 Å². The van der Waals surface area contributed by atoms with Crippen molar-refractivity contribution >= 4 is 40.1 Å². The molecular weight excluding hydrogens is 429 g/mol. The zero-order chi connectivity index (χ0) is 16.9. The van der Waals surface area contributed by atoms with Gasteiger partial charge in [-0.3, -0.25) is 9.59 Å². The second kappa shape index (κ2) is 5.29. The molecule has 118 valence electrons. The third-order valence-corrected chi connectivity index (χ3v) is 4.49. The van der Waals surface area contributed by atoms with Gasteiger partial charge in [-0.2, -0.15) is 13.2 Å². The minimum absolute atomic E-state index is 0.0751. The van der Waals surface area contributed by atoms with Gasteiger partial charge in [0.1, 0.15) is 5.82 Å². The number of carbonyl (C=O) groups is 2. The van der Waals surface area contributed by atoms with Gasteiger partial charge in [0.25, 0.3) is 11.8 Å². The van der Waals surface area contributed by atoms with E-state index in [1.54, 1.807) is 0 Å². The molecule has 0 atom stereocenters. The summed E-state index contributed by atoms with van der Waals surface area (Å²) in [4.78, 5) is 25.2. The maximum atomic E-state index is 13.6. The van der Waals surface area contributed by atoms with Gasteiger partial charge < -0.3 is 0 Å². The van der Waals surface area contributed by atoms with Crippen molar-refractivity contribution in [3.05, 3.63) is 62.5 Å². The van der Waals surface area contributed by atoms with Crippen molar-refractivity contribution in [2.45, 2.75) is 6.18 Å². The zero-order valence-corrected chi connectivity index (χ0v) is 13.3.